The lowest BCUT2D eigenvalue weighted by Crippen LogP contribution is -2.06. The van der Waals surface area contributed by atoms with Crippen LogP contribution < -0.4 is 15.8 Å². The van der Waals surface area contributed by atoms with Crippen LogP contribution in [0, 0.1) is 0 Å². The van der Waals surface area contributed by atoms with Crippen molar-refractivity contribution in [3.05, 3.63) is 36.5 Å². The van der Waals surface area contributed by atoms with E-state index in [4.69, 9.17) is 15.6 Å². The number of anilines is 2. The maximum absolute atomic E-state index is 10.8. The van der Waals surface area contributed by atoms with Gasteiger partial charge in [-0.3, -0.25) is 5.32 Å². The summed E-state index contributed by atoms with van der Waals surface area (Å²) in [5.74, 6) is 1.43. The number of nitrogens with one attached hydrogen (secondary N) is 1. The summed E-state index contributed by atoms with van der Waals surface area (Å²) in [7, 11) is 0. The molecule has 1 aromatic carbocycles. The van der Waals surface area contributed by atoms with Gasteiger partial charge >= 0.3 is 6.09 Å². The molecule has 142 valence electrons. The first-order chi connectivity index (χ1) is 13.5. The number of rotatable bonds is 5. The van der Waals surface area contributed by atoms with Gasteiger partial charge in [0.2, 0.25) is 5.88 Å². The van der Waals surface area contributed by atoms with Crippen molar-refractivity contribution < 1.29 is 19.3 Å². The standard InChI is InChI=1S/C17H15N7O4/c1-2-24-12-7-13(27-10-5-3-4-9(6-10)20-17(25)26)19-8-11(12)21-16(24)14-15(18)23-28-22-14/h3-8,20H,2H2,1H3,(H2,18,23)(H,25,26). The quantitative estimate of drug-likeness (QED) is 0.473. The number of hydrogen-bond donors (Lipinski definition) is 3. The molecule has 0 bridgehead atoms. The summed E-state index contributed by atoms with van der Waals surface area (Å²) in [4.78, 5) is 19.5. The van der Waals surface area contributed by atoms with Gasteiger partial charge < -0.3 is 20.1 Å². The number of aryl methyl sites for hydroxylation is 1. The van der Waals surface area contributed by atoms with E-state index in [1.807, 2.05) is 11.5 Å². The van der Waals surface area contributed by atoms with Gasteiger partial charge in [-0.05, 0) is 29.4 Å². The van der Waals surface area contributed by atoms with Crippen LogP contribution >= 0.6 is 0 Å². The van der Waals surface area contributed by atoms with Gasteiger partial charge in [0, 0.05) is 24.4 Å². The second kappa shape index (κ2) is 6.87. The van der Waals surface area contributed by atoms with E-state index in [1.165, 1.54) is 0 Å². The number of nitrogens with two attached hydrogens (primary N) is 1. The van der Waals surface area contributed by atoms with E-state index in [0.29, 0.717) is 40.9 Å². The average Bonchev–Trinajstić information content (AvgIpc) is 3.23. The van der Waals surface area contributed by atoms with E-state index < -0.39 is 6.09 Å². The highest BCUT2D eigenvalue weighted by Crippen LogP contribution is 2.29. The fourth-order valence-electron chi connectivity index (χ4n) is 2.80. The van der Waals surface area contributed by atoms with Crippen LogP contribution in [-0.2, 0) is 6.54 Å². The maximum Gasteiger partial charge on any atom is 0.409 e. The number of nitrogen functional groups attached to an aromatic ring is 1. The number of nitrogens with zero attached hydrogens (tertiary/aromatic N) is 5. The summed E-state index contributed by atoms with van der Waals surface area (Å²) < 4.78 is 12.3. The van der Waals surface area contributed by atoms with Crippen LogP contribution in [-0.4, -0.2) is 36.0 Å². The Morgan fingerprint density at radius 2 is 2.21 bits per heavy atom. The molecule has 3 aromatic heterocycles. The van der Waals surface area contributed by atoms with Gasteiger partial charge in [0.25, 0.3) is 0 Å². The molecule has 4 rings (SSSR count). The maximum atomic E-state index is 10.8. The van der Waals surface area contributed by atoms with E-state index in [0.717, 1.165) is 5.52 Å². The monoisotopic (exact) mass is 381 g/mol. The molecule has 11 nitrogen and oxygen atoms in total. The molecule has 0 aliphatic rings. The molecule has 0 fully saturated rings. The number of hydrogen-bond acceptors (Lipinski definition) is 8. The molecule has 0 radical (unpaired) electrons. The van der Waals surface area contributed by atoms with Gasteiger partial charge in [-0.25, -0.2) is 19.4 Å². The van der Waals surface area contributed by atoms with Crippen LogP contribution in [0.1, 0.15) is 6.92 Å². The molecule has 1 amide bonds. The number of aromatic nitrogens is 5. The van der Waals surface area contributed by atoms with Crippen LogP contribution in [0.25, 0.3) is 22.6 Å². The minimum atomic E-state index is -1.15. The topological polar surface area (TPSA) is 154 Å². The molecule has 28 heavy (non-hydrogen) atoms. The predicted octanol–water partition coefficient (Wildman–Crippen LogP) is 2.97. The van der Waals surface area contributed by atoms with Gasteiger partial charge in [-0.1, -0.05) is 6.07 Å². The first kappa shape index (κ1) is 17.3. The molecule has 0 saturated carbocycles. The molecule has 0 atom stereocenters. The fourth-order valence-corrected chi connectivity index (χ4v) is 2.80. The second-order valence-electron chi connectivity index (χ2n) is 5.75. The summed E-state index contributed by atoms with van der Waals surface area (Å²) in [5, 5.41) is 18.5. The number of pyridine rings is 1. The van der Waals surface area contributed by atoms with E-state index in [2.05, 4.69) is 30.2 Å². The predicted molar refractivity (Wildman–Crippen MR) is 99.1 cm³/mol. The number of ether oxygens (including phenoxy) is 1. The van der Waals surface area contributed by atoms with Crippen molar-refractivity contribution in [2.75, 3.05) is 11.1 Å². The Bertz CT molecular complexity index is 1170. The summed E-state index contributed by atoms with van der Waals surface area (Å²) in [6.07, 6.45) is 0.418. The highest BCUT2D eigenvalue weighted by Gasteiger charge is 2.19. The molecule has 0 spiro atoms. The van der Waals surface area contributed by atoms with Crippen molar-refractivity contribution in [2.24, 2.45) is 0 Å². The van der Waals surface area contributed by atoms with Crippen molar-refractivity contribution in [1.82, 2.24) is 24.8 Å². The average molecular weight is 381 g/mol. The lowest BCUT2D eigenvalue weighted by atomic mass is 10.3. The zero-order chi connectivity index (χ0) is 19.7. The van der Waals surface area contributed by atoms with E-state index >= 15 is 0 Å². The smallest absolute Gasteiger partial charge is 0.409 e. The molecule has 0 aliphatic carbocycles. The summed E-state index contributed by atoms with van der Waals surface area (Å²) >= 11 is 0. The van der Waals surface area contributed by atoms with Gasteiger partial charge in [-0.15, -0.1) is 0 Å². The molecule has 0 saturated heterocycles. The van der Waals surface area contributed by atoms with Gasteiger partial charge in [0.05, 0.1) is 11.7 Å². The van der Waals surface area contributed by atoms with Crippen molar-refractivity contribution in [2.45, 2.75) is 13.5 Å². The number of benzene rings is 1. The molecule has 11 heteroatoms. The number of fused-ring (bicyclic) bond motifs is 1. The minimum Gasteiger partial charge on any atom is -0.465 e. The lowest BCUT2D eigenvalue weighted by molar-refractivity contribution is 0.210. The first-order valence-electron chi connectivity index (χ1n) is 8.27. The zero-order valence-electron chi connectivity index (χ0n) is 14.7. The van der Waals surface area contributed by atoms with E-state index in [-0.39, 0.29) is 5.82 Å². The van der Waals surface area contributed by atoms with Crippen LogP contribution in [0.15, 0.2) is 41.2 Å². The molecule has 0 unspecified atom stereocenters. The van der Waals surface area contributed by atoms with Gasteiger partial charge in [0.1, 0.15) is 11.3 Å². The Morgan fingerprint density at radius 1 is 1.36 bits per heavy atom. The Balaban J connectivity index is 1.70. The number of carboxylic acid groups (broad SMARTS) is 1. The van der Waals surface area contributed by atoms with Crippen molar-refractivity contribution in [3.8, 4) is 23.1 Å². The Morgan fingerprint density at radius 3 is 2.93 bits per heavy atom. The van der Waals surface area contributed by atoms with Crippen molar-refractivity contribution >= 4 is 28.6 Å². The molecule has 4 aromatic rings. The number of carbonyl (C=O) groups is 1. The van der Waals surface area contributed by atoms with Crippen LogP contribution in [0.2, 0.25) is 0 Å². The fraction of sp³-hybridized carbons (Fsp3) is 0.118. The van der Waals surface area contributed by atoms with E-state index in [9.17, 15) is 4.79 Å². The van der Waals surface area contributed by atoms with Gasteiger partial charge in [-0.2, -0.15) is 0 Å². The molecule has 3 heterocycles. The van der Waals surface area contributed by atoms with E-state index in [1.54, 1.807) is 36.5 Å². The third-order valence-corrected chi connectivity index (χ3v) is 3.96. The first-order valence-corrected chi connectivity index (χ1v) is 8.27. The second-order valence-corrected chi connectivity index (χ2v) is 5.75. The zero-order valence-corrected chi connectivity index (χ0v) is 14.7. The summed E-state index contributed by atoms with van der Waals surface area (Å²) in [5.41, 5.74) is 7.93. The SMILES string of the molecule is CCn1c(-c2nonc2N)nc2cnc(Oc3cccc(NC(=O)O)c3)cc21. The Kier molecular flexibility index (Phi) is 4.24. The van der Waals surface area contributed by atoms with Crippen molar-refractivity contribution in [1.29, 1.82) is 0 Å². The minimum absolute atomic E-state index is 0.150. The highest BCUT2D eigenvalue weighted by atomic mass is 16.6. The third-order valence-electron chi connectivity index (χ3n) is 3.96. The van der Waals surface area contributed by atoms with Crippen molar-refractivity contribution in [3.63, 3.8) is 0 Å². The van der Waals surface area contributed by atoms with Crippen LogP contribution in [0.5, 0.6) is 11.6 Å². The Hall–Kier alpha value is -4.15. The lowest BCUT2D eigenvalue weighted by Gasteiger charge is -2.08. The highest BCUT2D eigenvalue weighted by molar-refractivity contribution is 5.83. The number of imidazole rings is 1. The molecule has 0 aliphatic heterocycles. The van der Waals surface area contributed by atoms with Crippen LogP contribution in [0.4, 0.5) is 16.3 Å². The number of amides is 1. The summed E-state index contributed by atoms with van der Waals surface area (Å²) in [6.45, 7) is 2.55. The summed E-state index contributed by atoms with van der Waals surface area (Å²) in [6, 6.07) is 8.28. The third kappa shape index (κ3) is 3.16. The van der Waals surface area contributed by atoms with Crippen LogP contribution in [0.3, 0.4) is 0 Å². The Labute approximate surface area is 157 Å². The molecular weight excluding hydrogens is 366 g/mol. The van der Waals surface area contributed by atoms with Gasteiger partial charge in [0.15, 0.2) is 17.3 Å². The normalized spacial score (nSPS) is 10.9. The molecular formula is C17H15N7O4. The molecule has 4 N–H and O–H groups in total. The largest absolute Gasteiger partial charge is 0.465 e.